The maximum Gasteiger partial charge on any atom is 0.341 e. The zero-order valence-electron chi connectivity index (χ0n) is 16.8. The largest absolute Gasteiger partial charge is 0.481 e. The molecule has 2 aliphatic rings. The van der Waals surface area contributed by atoms with Gasteiger partial charge in [-0.1, -0.05) is 49.4 Å². The van der Waals surface area contributed by atoms with Crippen LogP contribution in [0.2, 0.25) is 0 Å². The van der Waals surface area contributed by atoms with E-state index in [1.54, 1.807) is 0 Å². The number of nitrogens with one attached hydrogen (secondary N) is 1. The van der Waals surface area contributed by atoms with Crippen molar-refractivity contribution in [2.75, 3.05) is 12.4 Å². The number of aryl methyl sites for hydroxylation is 1. The summed E-state index contributed by atoms with van der Waals surface area (Å²) in [6.07, 6.45) is 5.21. The van der Waals surface area contributed by atoms with Crippen molar-refractivity contribution in [3.63, 3.8) is 0 Å². The lowest BCUT2D eigenvalue weighted by Gasteiger charge is -2.23. The molecule has 1 heterocycles. The Hall–Kier alpha value is -2.93. The summed E-state index contributed by atoms with van der Waals surface area (Å²) in [5, 5.41) is 13.0. The van der Waals surface area contributed by atoms with Gasteiger partial charge in [0, 0.05) is 10.4 Å². The molecule has 4 atom stereocenters. The zero-order chi connectivity index (χ0) is 21.4. The van der Waals surface area contributed by atoms with Crippen LogP contribution in [0.5, 0.6) is 0 Å². The predicted molar refractivity (Wildman–Crippen MR) is 114 cm³/mol. The van der Waals surface area contributed by atoms with Crippen LogP contribution in [0.1, 0.15) is 28.6 Å². The Morgan fingerprint density at radius 2 is 1.80 bits per heavy atom. The van der Waals surface area contributed by atoms with Gasteiger partial charge in [0.1, 0.15) is 10.6 Å². The van der Waals surface area contributed by atoms with Crippen molar-refractivity contribution in [1.29, 1.82) is 0 Å². The van der Waals surface area contributed by atoms with Crippen LogP contribution in [0.25, 0.3) is 11.1 Å². The van der Waals surface area contributed by atoms with Crippen LogP contribution < -0.4 is 5.32 Å². The topological polar surface area (TPSA) is 92.7 Å². The number of fused-ring (bicyclic) bond motifs is 2. The van der Waals surface area contributed by atoms with E-state index in [0.29, 0.717) is 23.4 Å². The fourth-order valence-corrected chi connectivity index (χ4v) is 5.89. The van der Waals surface area contributed by atoms with Crippen molar-refractivity contribution in [3.8, 4) is 11.1 Å². The van der Waals surface area contributed by atoms with Crippen LogP contribution in [0.3, 0.4) is 0 Å². The molecular weight excluding hydrogens is 402 g/mol. The minimum Gasteiger partial charge on any atom is -0.481 e. The Morgan fingerprint density at radius 1 is 1.13 bits per heavy atom. The van der Waals surface area contributed by atoms with Crippen molar-refractivity contribution in [2.45, 2.75) is 19.8 Å². The van der Waals surface area contributed by atoms with Gasteiger partial charge in [-0.05, 0) is 30.2 Å². The molecule has 0 aliphatic heterocycles. The molecule has 1 saturated carbocycles. The number of carbonyl (C=O) groups is 3. The number of anilines is 1. The number of amides is 1. The average Bonchev–Trinajstić information content (AvgIpc) is 3.46. The van der Waals surface area contributed by atoms with Crippen molar-refractivity contribution in [1.82, 2.24) is 0 Å². The Morgan fingerprint density at radius 3 is 2.40 bits per heavy atom. The molecule has 0 spiro atoms. The highest BCUT2D eigenvalue weighted by atomic mass is 32.1. The van der Waals surface area contributed by atoms with Gasteiger partial charge in [-0.3, -0.25) is 9.59 Å². The Labute approximate surface area is 178 Å². The van der Waals surface area contributed by atoms with Crippen molar-refractivity contribution >= 4 is 34.2 Å². The quantitative estimate of drug-likeness (QED) is 0.534. The Kier molecular flexibility index (Phi) is 5.47. The molecular formula is C23H23NO5S. The molecule has 30 heavy (non-hydrogen) atoms. The monoisotopic (exact) mass is 425 g/mol. The Bertz CT molecular complexity index is 1030. The lowest BCUT2D eigenvalue weighted by Crippen LogP contribution is -2.36. The molecule has 1 aromatic heterocycles. The lowest BCUT2D eigenvalue weighted by molar-refractivity contribution is -0.146. The summed E-state index contributed by atoms with van der Waals surface area (Å²) in [6.45, 7) is 1.99. The number of methoxy groups -OCH3 is 1. The van der Waals surface area contributed by atoms with E-state index in [1.807, 2.05) is 49.4 Å². The third kappa shape index (κ3) is 3.33. The molecule has 2 N–H and O–H groups in total. The van der Waals surface area contributed by atoms with Crippen LogP contribution in [-0.2, 0) is 20.7 Å². The van der Waals surface area contributed by atoms with E-state index in [1.165, 1.54) is 18.4 Å². The summed E-state index contributed by atoms with van der Waals surface area (Å²) in [5.41, 5.74) is 1.95. The molecule has 156 valence electrons. The smallest absolute Gasteiger partial charge is 0.341 e. The summed E-state index contributed by atoms with van der Waals surface area (Å²) < 4.78 is 5.02. The van der Waals surface area contributed by atoms with Crippen LogP contribution in [-0.4, -0.2) is 30.1 Å². The molecule has 0 saturated heterocycles. The Balaban J connectivity index is 1.73. The highest BCUT2D eigenvalue weighted by molar-refractivity contribution is 7.17. The molecule has 2 aliphatic carbocycles. The lowest BCUT2D eigenvalue weighted by atomic mass is 9.82. The maximum atomic E-state index is 13.2. The van der Waals surface area contributed by atoms with Crippen molar-refractivity contribution in [2.24, 2.45) is 23.7 Å². The summed E-state index contributed by atoms with van der Waals surface area (Å²) in [4.78, 5) is 38.6. The fraction of sp³-hybridized carbons (Fsp3) is 0.348. The number of rotatable bonds is 6. The molecule has 4 rings (SSSR count). The van der Waals surface area contributed by atoms with E-state index in [-0.39, 0.29) is 17.7 Å². The number of benzene rings is 1. The summed E-state index contributed by atoms with van der Waals surface area (Å²) in [6, 6.07) is 9.52. The van der Waals surface area contributed by atoms with Gasteiger partial charge in [-0.2, -0.15) is 0 Å². The van der Waals surface area contributed by atoms with Crippen LogP contribution >= 0.6 is 11.3 Å². The van der Waals surface area contributed by atoms with Gasteiger partial charge in [0.25, 0.3) is 0 Å². The zero-order valence-corrected chi connectivity index (χ0v) is 17.6. The molecule has 1 aromatic carbocycles. The number of aliphatic carboxylic acids is 1. The first-order valence-electron chi connectivity index (χ1n) is 9.97. The van der Waals surface area contributed by atoms with Crippen LogP contribution in [0.15, 0.2) is 42.5 Å². The number of carbonyl (C=O) groups excluding carboxylic acids is 2. The van der Waals surface area contributed by atoms with E-state index >= 15 is 0 Å². The third-order valence-corrected chi connectivity index (χ3v) is 7.29. The number of esters is 1. The normalized spacial score (nSPS) is 24.1. The summed E-state index contributed by atoms with van der Waals surface area (Å²) in [5.74, 6) is -3.41. The predicted octanol–water partition coefficient (Wildman–Crippen LogP) is 4.23. The second-order valence-corrected chi connectivity index (χ2v) is 8.75. The molecule has 6 nitrogen and oxygen atoms in total. The summed E-state index contributed by atoms with van der Waals surface area (Å²) in [7, 11) is 1.31. The van der Waals surface area contributed by atoms with Gasteiger partial charge < -0.3 is 15.2 Å². The average molecular weight is 426 g/mol. The first kappa shape index (κ1) is 20.3. The van der Waals surface area contributed by atoms with Gasteiger partial charge >= 0.3 is 11.9 Å². The number of ether oxygens (including phenoxy) is 1. The van der Waals surface area contributed by atoms with Crippen LogP contribution in [0, 0.1) is 23.7 Å². The van der Waals surface area contributed by atoms with Gasteiger partial charge in [0.15, 0.2) is 0 Å². The minimum atomic E-state index is -0.953. The van der Waals surface area contributed by atoms with E-state index in [9.17, 15) is 19.5 Å². The highest BCUT2D eigenvalue weighted by Crippen LogP contribution is 2.49. The molecule has 0 unspecified atom stereocenters. The van der Waals surface area contributed by atoms with Gasteiger partial charge in [0.2, 0.25) is 5.91 Å². The van der Waals surface area contributed by atoms with Gasteiger partial charge in [-0.25, -0.2) is 4.79 Å². The van der Waals surface area contributed by atoms with Crippen molar-refractivity contribution in [3.05, 3.63) is 52.9 Å². The number of carboxylic acids is 1. The standard InChI is InChI=1S/C23H23NO5S/c1-3-15-16(12-7-5-4-6-8-12)19(23(28)29-2)21(30-15)24-20(25)17-13-9-10-14(11-13)18(17)22(26)27/h4-10,13-14,17-18H,3,11H2,1-2H3,(H,24,25)(H,26,27)/t13-,14+,17-,18+/m1/s1. The van der Waals surface area contributed by atoms with E-state index in [0.717, 1.165) is 16.0 Å². The molecule has 2 bridgehead atoms. The van der Waals surface area contributed by atoms with Gasteiger partial charge in [-0.15, -0.1) is 11.3 Å². The number of allylic oxidation sites excluding steroid dienone is 2. The van der Waals surface area contributed by atoms with E-state index < -0.39 is 23.8 Å². The maximum absolute atomic E-state index is 13.2. The third-order valence-electron chi connectivity index (χ3n) is 6.04. The second kappa shape index (κ2) is 8.07. The van der Waals surface area contributed by atoms with Crippen LogP contribution in [0.4, 0.5) is 5.00 Å². The molecule has 1 fully saturated rings. The SMILES string of the molecule is CCc1sc(NC(=O)[C@H]2[C@@H](C(=O)O)[C@H]3C=C[C@@H]2C3)c(C(=O)OC)c1-c1ccccc1. The first-order chi connectivity index (χ1) is 14.5. The minimum absolute atomic E-state index is 0.0862. The van der Waals surface area contributed by atoms with E-state index in [4.69, 9.17) is 4.74 Å². The van der Waals surface area contributed by atoms with E-state index in [2.05, 4.69) is 5.32 Å². The number of hydrogen-bond acceptors (Lipinski definition) is 5. The molecule has 0 radical (unpaired) electrons. The molecule has 1 amide bonds. The molecule has 7 heteroatoms. The summed E-state index contributed by atoms with van der Waals surface area (Å²) >= 11 is 1.34. The highest BCUT2D eigenvalue weighted by Gasteiger charge is 2.51. The van der Waals surface area contributed by atoms with Crippen molar-refractivity contribution < 1.29 is 24.2 Å². The fourth-order valence-electron chi connectivity index (χ4n) is 4.73. The number of hydrogen-bond donors (Lipinski definition) is 2. The number of carboxylic acid groups (broad SMARTS) is 1. The second-order valence-electron chi connectivity index (χ2n) is 7.64. The first-order valence-corrected chi connectivity index (χ1v) is 10.8. The number of thiophene rings is 1. The molecule has 2 aromatic rings. The van der Waals surface area contributed by atoms with Gasteiger partial charge in [0.05, 0.1) is 18.9 Å².